The van der Waals surface area contributed by atoms with Gasteiger partial charge in [0.15, 0.2) is 0 Å². The average molecular weight is 241 g/mol. The molecule has 2 unspecified atom stereocenters. The normalized spacial score (nSPS) is 29.2. The Morgan fingerprint density at radius 3 is 2.78 bits per heavy atom. The third kappa shape index (κ3) is 3.85. The molecule has 1 heteroatoms. The molecule has 1 aliphatic heterocycles. The maximum Gasteiger partial charge on any atom is 0.0137 e. The molecule has 1 nitrogen and oxygen atoms in total. The Balaban J connectivity index is 2.14. The van der Waals surface area contributed by atoms with Crippen LogP contribution in [0.5, 0.6) is 0 Å². The Labute approximate surface area is 111 Å². The molecule has 1 N–H and O–H groups in total. The van der Waals surface area contributed by atoms with Crippen LogP contribution in [0.15, 0.2) is 54.6 Å². The fourth-order valence-corrected chi connectivity index (χ4v) is 2.59. The Morgan fingerprint density at radius 2 is 1.94 bits per heavy atom. The second-order valence-corrected chi connectivity index (χ2v) is 5.04. The van der Waals surface area contributed by atoms with Crippen molar-refractivity contribution in [1.29, 1.82) is 0 Å². The van der Waals surface area contributed by atoms with E-state index < -0.39 is 0 Å². The van der Waals surface area contributed by atoms with Gasteiger partial charge in [0.1, 0.15) is 0 Å². The fraction of sp³-hybridized carbons (Fsp3) is 0.412. The van der Waals surface area contributed by atoms with Gasteiger partial charge in [0.05, 0.1) is 0 Å². The lowest BCUT2D eigenvalue weighted by atomic mass is 9.83. The number of allylic oxidation sites excluding steroid dienone is 3. The van der Waals surface area contributed by atoms with E-state index in [0.29, 0.717) is 11.8 Å². The highest BCUT2D eigenvalue weighted by Gasteiger charge is 2.16. The van der Waals surface area contributed by atoms with Crippen molar-refractivity contribution in [3.63, 3.8) is 0 Å². The van der Waals surface area contributed by atoms with Gasteiger partial charge in [-0.25, -0.2) is 0 Å². The number of benzene rings is 1. The van der Waals surface area contributed by atoms with Crippen molar-refractivity contribution < 1.29 is 0 Å². The molecular formula is C17H23N. The third-order valence-electron chi connectivity index (χ3n) is 3.66. The number of rotatable bonds is 1. The topological polar surface area (TPSA) is 12.0 Å². The van der Waals surface area contributed by atoms with Gasteiger partial charge in [-0.05, 0) is 36.8 Å². The van der Waals surface area contributed by atoms with Crippen LogP contribution in [-0.4, -0.2) is 13.1 Å². The smallest absolute Gasteiger partial charge is 0.0137 e. The number of hydrogen-bond acceptors (Lipinski definition) is 1. The Bertz CT molecular complexity index is 391. The molecule has 0 radical (unpaired) electrons. The van der Waals surface area contributed by atoms with E-state index in [-0.39, 0.29) is 0 Å². The molecule has 1 heterocycles. The molecule has 2 rings (SSSR count). The summed E-state index contributed by atoms with van der Waals surface area (Å²) in [5.41, 5.74) is 1.47. The van der Waals surface area contributed by atoms with E-state index in [9.17, 15) is 0 Å². The van der Waals surface area contributed by atoms with E-state index in [2.05, 4.69) is 66.9 Å². The maximum atomic E-state index is 3.45. The summed E-state index contributed by atoms with van der Waals surface area (Å²) in [5, 5.41) is 3.45. The zero-order valence-corrected chi connectivity index (χ0v) is 11.2. The van der Waals surface area contributed by atoms with E-state index in [1.807, 2.05) is 0 Å². The van der Waals surface area contributed by atoms with Gasteiger partial charge in [-0.3, -0.25) is 0 Å². The van der Waals surface area contributed by atoms with Crippen molar-refractivity contribution in [1.82, 2.24) is 5.32 Å². The Kier molecular flexibility index (Phi) is 5.22. The molecule has 0 aromatic heterocycles. The van der Waals surface area contributed by atoms with Crippen LogP contribution >= 0.6 is 0 Å². The molecule has 2 atom stereocenters. The van der Waals surface area contributed by atoms with Crippen LogP contribution < -0.4 is 5.32 Å². The first kappa shape index (κ1) is 13.1. The molecule has 0 bridgehead atoms. The second kappa shape index (κ2) is 7.17. The molecule has 0 spiro atoms. The van der Waals surface area contributed by atoms with Crippen molar-refractivity contribution in [2.75, 3.05) is 13.1 Å². The van der Waals surface area contributed by atoms with Crippen molar-refractivity contribution >= 4 is 0 Å². The lowest BCUT2D eigenvalue weighted by molar-refractivity contribution is 0.485. The van der Waals surface area contributed by atoms with Gasteiger partial charge in [-0.15, -0.1) is 0 Å². The predicted molar refractivity (Wildman–Crippen MR) is 78.7 cm³/mol. The van der Waals surface area contributed by atoms with Crippen molar-refractivity contribution in [2.24, 2.45) is 5.92 Å². The molecule has 1 aromatic carbocycles. The van der Waals surface area contributed by atoms with E-state index in [4.69, 9.17) is 0 Å². The van der Waals surface area contributed by atoms with Crippen LogP contribution in [0.4, 0.5) is 0 Å². The highest BCUT2D eigenvalue weighted by Crippen LogP contribution is 2.30. The Hall–Kier alpha value is -1.34. The molecule has 0 aliphatic carbocycles. The minimum atomic E-state index is 0.593. The molecule has 18 heavy (non-hydrogen) atoms. The monoisotopic (exact) mass is 241 g/mol. The van der Waals surface area contributed by atoms with Gasteiger partial charge in [0.25, 0.3) is 0 Å². The molecule has 0 fully saturated rings. The van der Waals surface area contributed by atoms with Crippen LogP contribution in [0.3, 0.4) is 0 Å². The van der Waals surface area contributed by atoms with E-state index >= 15 is 0 Å². The fourth-order valence-electron chi connectivity index (χ4n) is 2.59. The second-order valence-electron chi connectivity index (χ2n) is 5.04. The summed E-state index contributed by atoms with van der Waals surface area (Å²) in [7, 11) is 0. The van der Waals surface area contributed by atoms with E-state index in [1.165, 1.54) is 18.4 Å². The largest absolute Gasteiger partial charge is 0.313 e. The predicted octanol–water partition coefficient (Wildman–Crippen LogP) is 3.90. The SMILES string of the molecule is CC1/C=C\C=C/CNCCCC1c1ccccc1. The van der Waals surface area contributed by atoms with Crippen LogP contribution in [0, 0.1) is 5.92 Å². The van der Waals surface area contributed by atoms with Gasteiger partial charge in [0, 0.05) is 6.54 Å². The summed E-state index contributed by atoms with van der Waals surface area (Å²) in [6.45, 7) is 4.42. The summed E-state index contributed by atoms with van der Waals surface area (Å²) in [6, 6.07) is 10.9. The maximum absolute atomic E-state index is 3.45. The summed E-state index contributed by atoms with van der Waals surface area (Å²) >= 11 is 0. The minimum Gasteiger partial charge on any atom is -0.313 e. The third-order valence-corrected chi connectivity index (χ3v) is 3.66. The van der Waals surface area contributed by atoms with Crippen molar-refractivity contribution in [3.8, 4) is 0 Å². The van der Waals surface area contributed by atoms with Gasteiger partial charge >= 0.3 is 0 Å². The van der Waals surface area contributed by atoms with Gasteiger partial charge in [0.2, 0.25) is 0 Å². The quantitative estimate of drug-likeness (QED) is 0.786. The number of nitrogens with one attached hydrogen (secondary N) is 1. The van der Waals surface area contributed by atoms with Crippen LogP contribution in [0.25, 0.3) is 0 Å². The molecule has 0 saturated carbocycles. The first-order valence-corrected chi connectivity index (χ1v) is 6.97. The molecule has 0 amide bonds. The van der Waals surface area contributed by atoms with Gasteiger partial charge < -0.3 is 5.32 Å². The van der Waals surface area contributed by atoms with Crippen LogP contribution in [-0.2, 0) is 0 Å². The zero-order chi connectivity index (χ0) is 12.6. The highest BCUT2D eigenvalue weighted by molar-refractivity contribution is 5.22. The summed E-state index contributed by atoms with van der Waals surface area (Å²) < 4.78 is 0. The summed E-state index contributed by atoms with van der Waals surface area (Å²) in [6.07, 6.45) is 11.4. The minimum absolute atomic E-state index is 0.593. The average Bonchev–Trinajstić information content (AvgIpc) is 2.45. The Morgan fingerprint density at radius 1 is 1.11 bits per heavy atom. The van der Waals surface area contributed by atoms with Gasteiger partial charge in [-0.2, -0.15) is 0 Å². The first-order valence-electron chi connectivity index (χ1n) is 6.97. The van der Waals surface area contributed by atoms with Gasteiger partial charge in [-0.1, -0.05) is 61.6 Å². The van der Waals surface area contributed by atoms with E-state index in [1.54, 1.807) is 0 Å². The van der Waals surface area contributed by atoms with Crippen molar-refractivity contribution in [3.05, 3.63) is 60.2 Å². The lowest BCUT2D eigenvalue weighted by Gasteiger charge is -2.22. The molecule has 1 aliphatic rings. The summed E-state index contributed by atoms with van der Waals surface area (Å²) in [4.78, 5) is 0. The van der Waals surface area contributed by atoms with Crippen LogP contribution in [0.2, 0.25) is 0 Å². The molecule has 96 valence electrons. The first-order chi connectivity index (χ1) is 8.88. The lowest BCUT2D eigenvalue weighted by Crippen LogP contribution is -2.16. The molecule has 0 saturated heterocycles. The molecule has 1 aromatic rings. The number of hydrogen-bond donors (Lipinski definition) is 1. The zero-order valence-electron chi connectivity index (χ0n) is 11.2. The molecular weight excluding hydrogens is 218 g/mol. The van der Waals surface area contributed by atoms with E-state index in [0.717, 1.165) is 13.1 Å². The van der Waals surface area contributed by atoms with Crippen molar-refractivity contribution in [2.45, 2.75) is 25.7 Å². The summed E-state index contributed by atoms with van der Waals surface area (Å²) in [5.74, 6) is 1.23. The highest BCUT2D eigenvalue weighted by atomic mass is 14.8. The van der Waals surface area contributed by atoms with Crippen LogP contribution in [0.1, 0.15) is 31.2 Å². The standard InChI is InChI=1S/C17H23N/c1-15-9-4-3-7-13-18-14-8-12-17(15)16-10-5-2-6-11-16/h2-7,9-11,15,17-18H,8,12-14H2,1H3/b7-3-,9-4-.